The lowest BCUT2D eigenvalue weighted by Gasteiger charge is -2.40. The first-order chi connectivity index (χ1) is 34.0. The van der Waals surface area contributed by atoms with Crippen molar-refractivity contribution >= 4 is 89.6 Å². The number of anilines is 3. The van der Waals surface area contributed by atoms with E-state index in [2.05, 4.69) is 260 Å². The zero-order chi connectivity index (χ0) is 52.0. The van der Waals surface area contributed by atoms with Crippen LogP contribution in [0.4, 0.5) is 17.1 Å². The summed E-state index contributed by atoms with van der Waals surface area (Å²) in [5.74, 6) is 0. The van der Waals surface area contributed by atoms with Gasteiger partial charge in [-0.15, -0.1) is 0 Å². The smallest absolute Gasteiger partial charge is 0.375 e. The Kier molecular flexibility index (Phi) is 9.82. The van der Waals surface area contributed by atoms with Gasteiger partial charge < -0.3 is 18.4 Å². The molecule has 73 heavy (non-hydrogen) atoms. The molecule has 2 aliphatic rings. The van der Waals surface area contributed by atoms with Crippen LogP contribution >= 0.6 is 0 Å². The quantitative estimate of drug-likeness (QED) is 0.161. The second-order valence-corrected chi connectivity index (χ2v) is 28.0. The zero-order valence-electron chi connectivity index (χ0n) is 46.9. The lowest BCUT2D eigenvalue weighted by atomic mass is 9.47. The minimum absolute atomic E-state index is 0.00211. The molecular formula is C68H74BN3O. The SMILES string of the molecule is CC(C)(C)c1ccc(N2c3cc(C(C)(C)C)cc4c3B(c3oc5c(C(C)(C)C)cc(C(C)(C)C)cc5c32)n2c3ccc(C(C)(C)C)cc3c3cc5c(c-4c32)c2cc(C(C)(C)C)ccc2n5-c2ccccc2)cc1. The zero-order valence-corrected chi connectivity index (χ0v) is 46.9. The van der Waals surface area contributed by atoms with Crippen LogP contribution in [0.15, 0.2) is 126 Å². The molecule has 0 saturated heterocycles. The van der Waals surface area contributed by atoms with E-state index in [4.69, 9.17) is 4.42 Å². The molecule has 0 atom stereocenters. The molecule has 370 valence electrons. The Morgan fingerprint density at radius 3 is 1.56 bits per heavy atom. The predicted octanol–water partition coefficient (Wildman–Crippen LogP) is 17.8. The lowest BCUT2D eigenvalue weighted by Crippen LogP contribution is -2.56. The van der Waals surface area contributed by atoms with Crippen LogP contribution in [-0.4, -0.2) is 15.9 Å². The van der Waals surface area contributed by atoms with E-state index >= 15 is 0 Å². The first-order valence-corrected chi connectivity index (χ1v) is 26.9. The van der Waals surface area contributed by atoms with Crippen molar-refractivity contribution in [3.05, 3.63) is 155 Å². The van der Waals surface area contributed by atoms with E-state index in [9.17, 15) is 0 Å². The van der Waals surface area contributed by atoms with Crippen molar-refractivity contribution < 1.29 is 4.42 Å². The van der Waals surface area contributed by atoms with Crippen LogP contribution in [0, 0.1) is 0 Å². The monoisotopic (exact) mass is 960 g/mol. The molecule has 3 aromatic heterocycles. The maximum atomic E-state index is 7.84. The van der Waals surface area contributed by atoms with Gasteiger partial charge in [0.25, 0.3) is 0 Å². The number of benzene rings is 7. The number of para-hydroxylation sites is 1. The molecule has 2 aliphatic heterocycles. The summed E-state index contributed by atoms with van der Waals surface area (Å²) in [6.45, 7) is 41.9. The molecule has 0 spiro atoms. The highest BCUT2D eigenvalue weighted by atomic mass is 16.3. The lowest BCUT2D eigenvalue weighted by molar-refractivity contribution is 0.557. The number of nitrogens with zero attached hydrogens (tertiary/aromatic N) is 3. The third-order valence-electron chi connectivity index (χ3n) is 16.6. The maximum Gasteiger partial charge on any atom is 0.375 e. The van der Waals surface area contributed by atoms with Crippen molar-refractivity contribution in [3.63, 3.8) is 0 Å². The van der Waals surface area contributed by atoms with Crippen LogP contribution in [-0.2, 0) is 32.5 Å². The Labute approximate surface area is 434 Å². The highest BCUT2D eigenvalue weighted by molar-refractivity contribution is 6.89. The molecule has 5 heterocycles. The summed E-state index contributed by atoms with van der Waals surface area (Å²) in [4.78, 5) is 2.60. The largest absolute Gasteiger partial charge is 0.466 e. The molecule has 0 aliphatic carbocycles. The van der Waals surface area contributed by atoms with Gasteiger partial charge in [0.05, 0.1) is 16.7 Å². The number of hydrogen-bond acceptors (Lipinski definition) is 2. The first-order valence-electron chi connectivity index (χ1n) is 26.9. The van der Waals surface area contributed by atoms with Crippen LogP contribution in [0.2, 0.25) is 0 Å². The molecule has 0 saturated carbocycles. The molecule has 0 amide bonds. The van der Waals surface area contributed by atoms with Gasteiger partial charge >= 0.3 is 6.85 Å². The fraction of sp³-hybridized carbons (Fsp3) is 0.353. The summed E-state index contributed by atoms with van der Waals surface area (Å²) in [5, 5.41) is 6.30. The summed E-state index contributed by atoms with van der Waals surface area (Å²) in [6.07, 6.45) is 0. The number of fused-ring (bicyclic) bond motifs is 13. The van der Waals surface area contributed by atoms with Crippen molar-refractivity contribution in [2.75, 3.05) is 4.90 Å². The minimum atomic E-state index is -0.254. The van der Waals surface area contributed by atoms with Crippen LogP contribution in [0.1, 0.15) is 158 Å². The van der Waals surface area contributed by atoms with Gasteiger partial charge in [0.2, 0.25) is 0 Å². The molecule has 10 aromatic rings. The van der Waals surface area contributed by atoms with E-state index in [-0.39, 0.29) is 39.3 Å². The molecule has 5 heteroatoms. The van der Waals surface area contributed by atoms with E-state index in [0.29, 0.717) is 0 Å². The summed E-state index contributed by atoms with van der Waals surface area (Å²) in [5.41, 5.74) is 22.8. The number of hydrogen-bond donors (Lipinski definition) is 0. The average Bonchev–Trinajstić information content (AvgIpc) is 3.96. The Balaban J connectivity index is 1.35. The van der Waals surface area contributed by atoms with Gasteiger partial charge in [-0.25, -0.2) is 0 Å². The fourth-order valence-electron chi connectivity index (χ4n) is 12.3. The summed E-state index contributed by atoms with van der Waals surface area (Å²) >= 11 is 0. The second-order valence-electron chi connectivity index (χ2n) is 28.0. The van der Waals surface area contributed by atoms with E-state index in [1.54, 1.807) is 0 Å². The Hall–Kier alpha value is -6.46. The first kappa shape index (κ1) is 47.5. The van der Waals surface area contributed by atoms with Gasteiger partial charge in [0.1, 0.15) is 11.2 Å². The molecule has 0 unspecified atom stereocenters. The van der Waals surface area contributed by atoms with E-state index in [1.807, 2.05) is 0 Å². The molecule has 12 rings (SSSR count). The molecule has 0 bridgehead atoms. The van der Waals surface area contributed by atoms with Crippen LogP contribution in [0.3, 0.4) is 0 Å². The fourth-order valence-corrected chi connectivity index (χ4v) is 12.3. The van der Waals surface area contributed by atoms with Gasteiger partial charge in [0.15, 0.2) is 0 Å². The van der Waals surface area contributed by atoms with Crippen LogP contribution < -0.4 is 16.0 Å². The third kappa shape index (κ3) is 7.07. The van der Waals surface area contributed by atoms with Crippen LogP contribution in [0.5, 0.6) is 0 Å². The van der Waals surface area contributed by atoms with Gasteiger partial charge in [-0.3, -0.25) is 0 Å². The summed E-state index contributed by atoms with van der Waals surface area (Å²) < 4.78 is 13.1. The van der Waals surface area contributed by atoms with E-state index in [0.717, 1.165) is 28.3 Å². The third-order valence-corrected chi connectivity index (χ3v) is 16.6. The Morgan fingerprint density at radius 1 is 0.425 bits per heavy atom. The number of furan rings is 1. The van der Waals surface area contributed by atoms with Crippen LogP contribution in [0.25, 0.3) is 71.4 Å². The van der Waals surface area contributed by atoms with Crippen molar-refractivity contribution in [2.45, 2.75) is 157 Å². The molecule has 0 N–H and O–H groups in total. The Morgan fingerprint density at radius 2 is 0.973 bits per heavy atom. The predicted molar refractivity (Wildman–Crippen MR) is 316 cm³/mol. The molecule has 0 radical (unpaired) electrons. The summed E-state index contributed by atoms with van der Waals surface area (Å²) in [7, 11) is 0. The van der Waals surface area contributed by atoms with E-state index < -0.39 is 0 Å². The van der Waals surface area contributed by atoms with Crippen molar-refractivity contribution in [2.24, 2.45) is 0 Å². The molecular weight excluding hydrogens is 886 g/mol. The number of rotatable bonds is 2. The second kappa shape index (κ2) is 15.1. The van der Waals surface area contributed by atoms with Crippen molar-refractivity contribution in [1.82, 2.24) is 9.05 Å². The highest BCUT2D eigenvalue weighted by Gasteiger charge is 2.48. The van der Waals surface area contributed by atoms with Gasteiger partial charge in [-0.2, -0.15) is 0 Å². The van der Waals surface area contributed by atoms with Gasteiger partial charge in [0, 0.05) is 66.2 Å². The van der Waals surface area contributed by atoms with Gasteiger partial charge in [-0.05, 0) is 138 Å². The van der Waals surface area contributed by atoms with Crippen molar-refractivity contribution in [1.29, 1.82) is 0 Å². The molecule has 4 nitrogen and oxygen atoms in total. The number of aromatic nitrogens is 2. The van der Waals surface area contributed by atoms with Gasteiger partial charge in [-0.1, -0.05) is 179 Å². The average molecular weight is 960 g/mol. The topological polar surface area (TPSA) is 26.2 Å². The maximum absolute atomic E-state index is 7.84. The highest BCUT2D eigenvalue weighted by Crippen LogP contribution is 2.54. The Bertz CT molecular complexity index is 3940. The molecule has 0 fully saturated rings. The van der Waals surface area contributed by atoms with Crippen molar-refractivity contribution in [3.8, 4) is 16.8 Å². The molecule has 7 aromatic carbocycles. The normalized spacial score (nSPS) is 14.4. The van der Waals surface area contributed by atoms with E-state index in [1.165, 1.54) is 105 Å². The minimum Gasteiger partial charge on any atom is -0.466 e. The summed E-state index contributed by atoms with van der Waals surface area (Å²) in [6, 6.07) is 47.6. The standard InChI is InChI=1S/C68H74BN3O/c1-63(2,3)39-24-28-45(29-25-39)71-55-37-43(67(13,14)15)34-49-57-56-48-33-41(65(7,8)9)26-30-52(48)70(44-22-20-19-21-23-44)54(56)38-47-46-32-40(64(4,5)6)27-31-53(46)72(59(47)57)69(58(49)55)62-60(71)50-35-42(66(10,11)12)36-51(61(50)73-62)68(16,17)18/h19-38H,1-18H3.